The fraction of sp³-hybridized carbons (Fsp3) is 0.250. The summed E-state index contributed by atoms with van der Waals surface area (Å²) in [7, 11) is -0.630. The zero-order valence-corrected chi connectivity index (χ0v) is 18.2. The maximum atomic E-state index is 13.2. The van der Waals surface area contributed by atoms with E-state index in [1.807, 2.05) is 29.0 Å². The van der Waals surface area contributed by atoms with E-state index in [9.17, 15) is 13.2 Å². The largest absolute Gasteiger partial charge is 0.333 e. The quantitative estimate of drug-likeness (QED) is 0.539. The summed E-state index contributed by atoms with van der Waals surface area (Å²) in [5.74, 6) is -0.166. The zero-order chi connectivity index (χ0) is 20.1. The van der Waals surface area contributed by atoms with Crippen LogP contribution >= 0.6 is 22.7 Å². The van der Waals surface area contributed by atoms with Gasteiger partial charge in [0.05, 0.1) is 11.4 Å². The van der Waals surface area contributed by atoms with E-state index >= 15 is 0 Å². The van der Waals surface area contributed by atoms with E-state index in [1.54, 1.807) is 39.7 Å². The highest BCUT2D eigenvalue weighted by molar-refractivity contribution is 7.89. The molecule has 8 heteroatoms. The molecule has 0 spiro atoms. The molecule has 28 heavy (non-hydrogen) atoms. The molecule has 2 heterocycles. The first kappa shape index (κ1) is 20.7. The Morgan fingerprint density at radius 2 is 1.64 bits per heavy atom. The van der Waals surface area contributed by atoms with Gasteiger partial charge in [-0.25, -0.2) is 12.7 Å². The average molecular weight is 435 g/mol. The molecular weight excluding hydrogens is 412 g/mol. The Morgan fingerprint density at radius 1 is 0.964 bits per heavy atom. The van der Waals surface area contributed by atoms with Crippen LogP contribution in [0.25, 0.3) is 0 Å². The zero-order valence-electron chi connectivity index (χ0n) is 15.7. The highest BCUT2D eigenvalue weighted by atomic mass is 32.2. The van der Waals surface area contributed by atoms with Crippen molar-refractivity contribution in [2.24, 2.45) is 0 Å². The van der Waals surface area contributed by atoms with Crippen LogP contribution in [-0.4, -0.2) is 44.2 Å². The smallest absolute Gasteiger partial charge is 0.254 e. The second-order valence-corrected chi connectivity index (χ2v) is 10.7. The standard InChI is InChI=1S/C20H22N2O3S3/c1-21(2)28(24,25)19-9-3-6-16(14-19)20(23)22(15-18-8-5-13-27-18)11-10-17-7-4-12-26-17/h3-9,12-14H,10-11,15H2,1-2H3. The molecule has 0 saturated carbocycles. The van der Waals surface area contributed by atoms with Gasteiger partial charge in [-0.15, -0.1) is 22.7 Å². The molecule has 0 unspecified atom stereocenters. The second-order valence-electron chi connectivity index (χ2n) is 6.45. The van der Waals surface area contributed by atoms with Crippen LogP contribution in [0.15, 0.2) is 64.2 Å². The van der Waals surface area contributed by atoms with Gasteiger partial charge in [-0.1, -0.05) is 18.2 Å². The third-order valence-corrected chi connectivity index (χ3v) is 7.89. The summed E-state index contributed by atoms with van der Waals surface area (Å²) in [6.07, 6.45) is 0.768. The van der Waals surface area contributed by atoms with Crippen LogP contribution in [0.5, 0.6) is 0 Å². The van der Waals surface area contributed by atoms with Crippen LogP contribution < -0.4 is 0 Å². The number of carbonyl (C=O) groups excluding carboxylic acids is 1. The number of benzene rings is 1. The summed E-state index contributed by atoms with van der Waals surface area (Å²) in [5.41, 5.74) is 0.380. The number of carbonyl (C=O) groups is 1. The Labute approximate surface area is 173 Å². The molecule has 1 amide bonds. The number of hydrogen-bond donors (Lipinski definition) is 0. The highest BCUT2D eigenvalue weighted by Crippen LogP contribution is 2.19. The van der Waals surface area contributed by atoms with Crippen LogP contribution in [0.4, 0.5) is 0 Å². The molecule has 2 aromatic heterocycles. The third-order valence-electron chi connectivity index (χ3n) is 4.28. The van der Waals surface area contributed by atoms with E-state index in [0.717, 1.165) is 15.6 Å². The molecule has 1 aromatic carbocycles. The molecule has 0 bridgehead atoms. The molecule has 0 radical (unpaired) electrons. The number of amides is 1. The normalized spacial score (nSPS) is 11.7. The Balaban J connectivity index is 1.85. The molecule has 0 fully saturated rings. The molecule has 0 aliphatic carbocycles. The average Bonchev–Trinajstić information content (AvgIpc) is 3.38. The van der Waals surface area contributed by atoms with Crippen molar-refractivity contribution in [3.63, 3.8) is 0 Å². The molecule has 0 aliphatic rings. The lowest BCUT2D eigenvalue weighted by molar-refractivity contribution is 0.0747. The van der Waals surface area contributed by atoms with Crippen LogP contribution in [0, 0.1) is 0 Å². The lowest BCUT2D eigenvalue weighted by Gasteiger charge is -2.22. The van der Waals surface area contributed by atoms with Crippen molar-refractivity contribution in [3.8, 4) is 0 Å². The topological polar surface area (TPSA) is 57.7 Å². The number of hydrogen-bond acceptors (Lipinski definition) is 5. The van der Waals surface area contributed by atoms with Crippen molar-refractivity contribution in [1.82, 2.24) is 9.21 Å². The van der Waals surface area contributed by atoms with E-state index in [-0.39, 0.29) is 10.8 Å². The predicted octanol–water partition coefficient (Wildman–Crippen LogP) is 3.95. The van der Waals surface area contributed by atoms with Gasteiger partial charge in [0.2, 0.25) is 10.0 Å². The molecule has 5 nitrogen and oxygen atoms in total. The van der Waals surface area contributed by atoms with Crippen molar-refractivity contribution < 1.29 is 13.2 Å². The van der Waals surface area contributed by atoms with Gasteiger partial charge < -0.3 is 4.90 Å². The van der Waals surface area contributed by atoms with Crippen LogP contribution in [0.3, 0.4) is 0 Å². The Kier molecular flexibility index (Phi) is 6.66. The SMILES string of the molecule is CN(C)S(=O)(=O)c1cccc(C(=O)N(CCc2cccs2)Cc2cccs2)c1. The highest BCUT2D eigenvalue weighted by Gasteiger charge is 2.21. The van der Waals surface area contributed by atoms with Gasteiger partial charge in [0.15, 0.2) is 0 Å². The number of nitrogens with zero attached hydrogens (tertiary/aromatic N) is 2. The van der Waals surface area contributed by atoms with Gasteiger partial charge in [-0.05, 0) is 47.5 Å². The molecule has 0 atom stereocenters. The van der Waals surface area contributed by atoms with E-state index in [0.29, 0.717) is 18.7 Å². The molecule has 0 aliphatic heterocycles. The van der Waals surface area contributed by atoms with E-state index < -0.39 is 10.0 Å². The molecular formula is C20H22N2O3S3. The number of thiophene rings is 2. The summed E-state index contributed by atoms with van der Waals surface area (Å²) >= 11 is 3.27. The minimum Gasteiger partial charge on any atom is -0.333 e. The minimum atomic E-state index is -3.59. The van der Waals surface area contributed by atoms with Crippen molar-refractivity contribution in [2.45, 2.75) is 17.9 Å². The lowest BCUT2D eigenvalue weighted by atomic mass is 10.2. The Bertz CT molecular complexity index is 1010. The summed E-state index contributed by atoms with van der Waals surface area (Å²) in [6.45, 7) is 1.08. The first-order chi connectivity index (χ1) is 13.4. The molecule has 0 N–H and O–H groups in total. The monoisotopic (exact) mass is 434 g/mol. The third kappa shape index (κ3) is 4.88. The summed E-state index contributed by atoms with van der Waals surface area (Å²) in [4.78, 5) is 17.4. The van der Waals surface area contributed by atoms with Gasteiger partial charge in [-0.3, -0.25) is 4.79 Å². The number of rotatable bonds is 8. The Morgan fingerprint density at radius 3 is 2.25 bits per heavy atom. The molecule has 3 rings (SSSR count). The second kappa shape index (κ2) is 9.00. The van der Waals surface area contributed by atoms with Crippen molar-refractivity contribution in [3.05, 3.63) is 74.6 Å². The predicted molar refractivity (Wildman–Crippen MR) is 114 cm³/mol. The fourth-order valence-electron chi connectivity index (χ4n) is 2.73. The maximum absolute atomic E-state index is 13.2. The van der Waals surface area contributed by atoms with Crippen molar-refractivity contribution >= 4 is 38.6 Å². The fourth-order valence-corrected chi connectivity index (χ4v) is 5.09. The first-order valence-corrected chi connectivity index (χ1v) is 11.9. The van der Waals surface area contributed by atoms with Gasteiger partial charge in [0.1, 0.15) is 0 Å². The van der Waals surface area contributed by atoms with Gasteiger partial charge in [-0.2, -0.15) is 0 Å². The summed E-state index contributed by atoms with van der Waals surface area (Å²) in [6, 6.07) is 14.3. The summed E-state index contributed by atoms with van der Waals surface area (Å²) < 4.78 is 26.0. The van der Waals surface area contributed by atoms with Crippen molar-refractivity contribution in [1.29, 1.82) is 0 Å². The van der Waals surface area contributed by atoms with Gasteiger partial charge >= 0.3 is 0 Å². The van der Waals surface area contributed by atoms with E-state index in [2.05, 4.69) is 6.07 Å². The van der Waals surface area contributed by atoms with Crippen LogP contribution in [0.1, 0.15) is 20.1 Å². The van der Waals surface area contributed by atoms with Crippen LogP contribution in [0.2, 0.25) is 0 Å². The van der Waals surface area contributed by atoms with Gasteiger partial charge in [0.25, 0.3) is 5.91 Å². The molecule has 0 saturated heterocycles. The minimum absolute atomic E-state index is 0.123. The lowest BCUT2D eigenvalue weighted by Crippen LogP contribution is -2.32. The number of sulfonamides is 1. The summed E-state index contributed by atoms with van der Waals surface area (Å²) in [5, 5.41) is 4.01. The van der Waals surface area contributed by atoms with E-state index in [4.69, 9.17) is 0 Å². The first-order valence-electron chi connectivity index (χ1n) is 8.74. The molecule has 3 aromatic rings. The Hall–Kier alpha value is -2.00. The maximum Gasteiger partial charge on any atom is 0.254 e. The molecule has 148 valence electrons. The van der Waals surface area contributed by atoms with Crippen LogP contribution in [-0.2, 0) is 23.0 Å². The van der Waals surface area contributed by atoms with Crippen molar-refractivity contribution in [2.75, 3.05) is 20.6 Å². The van der Waals surface area contributed by atoms with E-state index in [1.165, 1.54) is 31.1 Å². The van der Waals surface area contributed by atoms with Gasteiger partial charge in [0, 0.05) is 36.0 Å².